The Labute approximate surface area is 190 Å². The van der Waals surface area contributed by atoms with E-state index in [1.807, 2.05) is 44.2 Å². The zero-order chi connectivity index (χ0) is 20.4. The standard InChI is InChI=1S/C20H16BrIN2O3S/c1-3-27-17-7-4-12(10-15(17)22)9-14-18(25)23-20(28)24(19(14)26)16-6-5-13(21)8-11(16)2/h4-10H,3H2,1-2H3,(H,23,25,28)/b14-9+. The Morgan fingerprint density at radius 1 is 1.25 bits per heavy atom. The van der Waals surface area contributed by atoms with Crippen LogP contribution >= 0.6 is 50.7 Å². The SMILES string of the molecule is CCOc1ccc(/C=C2\C(=O)NC(=S)N(c3ccc(Br)cc3C)C2=O)cc1I. The van der Waals surface area contributed by atoms with Gasteiger partial charge in [-0.3, -0.25) is 19.8 Å². The molecule has 144 valence electrons. The molecule has 1 aliphatic rings. The number of halogens is 2. The van der Waals surface area contributed by atoms with Crippen molar-refractivity contribution >= 4 is 79.4 Å². The van der Waals surface area contributed by atoms with Gasteiger partial charge in [0, 0.05) is 4.47 Å². The predicted molar refractivity (Wildman–Crippen MR) is 125 cm³/mol. The minimum absolute atomic E-state index is 0.0240. The highest BCUT2D eigenvalue weighted by molar-refractivity contribution is 14.1. The second-order valence-electron chi connectivity index (χ2n) is 6.01. The summed E-state index contributed by atoms with van der Waals surface area (Å²) in [5.41, 5.74) is 2.24. The first-order valence-electron chi connectivity index (χ1n) is 8.41. The molecule has 5 nitrogen and oxygen atoms in total. The van der Waals surface area contributed by atoms with E-state index >= 15 is 0 Å². The van der Waals surface area contributed by atoms with Crippen molar-refractivity contribution in [2.75, 3.05) is 11.5 Å². The summed E-state index contributed by atoms with van der Waals surface area (Å²) in [6.07, 6.45) is 1.57. The van der Waals surface area contributed by atoms with Crippen LogP contribution in [0.15, 0.2) is 46.4 Å². The van der Waals surface area contributed by atoms with Gasteiger partial charge in [0.25, 0.3) is 11.8 Å². The summed E-state index contributed by atoms with van der Waals surface area (Å²) in [7, 11) is 0. The van der Waals surface area contributed by atoms with E-state index < -0.39 is 11.8 Å². The van der Waals surface area contributed by atoms with E-state index in [4.69, 9.17) is 17.0 Å². The fraction of sp³-hybridized carbons (Fsp3) is 0.150. The van der Waals surface area contributed by atoms with Gasteiger partial charge in [0.05, 0.1) is 15.9 Å². The summed E-state index contributed by atoms with van der Waals surface area (Å²) in [6.45, 7) is 4.36. The molecule has 1 heterocycles. The first-order chi connectivity index (χ1) is 13.3. The van der Waals surface area contributed by atoms with Crippen LogP contribution < -0.4 is 15.0 Å². The highest BCUT2D eigenvalue weighted by atomic mass is 127. The van der Waals surface area contributed by atoms with Gasteiger partial charge < -0.3 is 4.74 Å². The van der Waals surface area contributed by atoms with Crippen LogP contribution in [0, 0.1) is 10.5 Å². The number of nitrogens with one attached hydrogen (secondary N) is 1. The fourth-order valence-corrected chi connectivity index (χ4v) is 4.24. The third kappa shape index (κ3) is 4.28. The van der Waals surface area contributed by atoms with Crippen molar-refractivity contribution in [3.8, 4) is 5.75 Å². The van der Waals surface area contributed by atoms with Crippen LogP contribution in [-0.4, -0.2) is 23.5 Å². The van der Waals surface area contributed by atoms with Crippen molar-refractivity contribution in [2.45, 2.75) is 13.8 Å². The first kappa shape index (κ1) is 20.9. The average Bonchev–Trinajstić information content (AvgIpc) is 2.62. The van der Waals surface area contributed by atoms with E-state index in [-0.39, 0.29) is 10.7 Å². The van der Waals surface area contributed by atoms with Crippen molar-refractivity contribution < 1.29 is 14.3 Å². The maximum Gasteiger partial charge on any atom is 0.270 e. The summed E-state index contributed by atoms with van der Waals surface area (Å²) in [5, 5.41) is 2.68. The second-order valence-corrected chi connectivity index (χ2v) is 8.48. The van der Waals surface area contributed by atoms with Gasteiger partial charge in [-0.1, -0.05) is 22.0 Å². The summed E-state index contributed by atoms with van der Waals surface area (Å²) in [6, 6.07) is 11.0. The molecule has 1 saturated heterocycles. The molecule has 0 spiro atoms. The molecular weight excluding hydrogens is 555 g/mol. The number of ether oxygens (including phenoxy) is 1. The van der Waals surface area contributed by atoms with E-state index in [0.717, 1.165) is 24.9 Å². The molecule has 8 heteroatoms. The van der Waals surface area contributed by atoms with Crippen LogP contribution in [0.3, 0.4) is 0 Å². The van der Waals surface area contributed by atoms with Gasteiger partial charge in [0.2, 0.25) is 0 Å². The average molecular weight is 571 g/mol. The summed E-state index contributed by atoms with van der Waals surface area (Å²) in [5.74, 6) is -0.203. The molecule has 2 aromatic rings. The topological polar surface area (TPSA) is 58.6 Å². The predicted octanol–water partition coefficient (Wildman–Crippen LogP) is 4.59. The van der Waals surface area contributed by atoms with Gasteiger partial charge in [-0.15, -0.1) is 0 Å². The molecule has 28 heavy (non-hydrogen) atoms. The Hall–Kier alpha value is -1.78. The highest BCUT2D eigenvalue weighted by Gasteiger charge is 2.35. The third-order valence-corrected chi connectivity index (χ3v) is 5.69. The molecule has 0 bridgehead atoms. The molecular formula is C20H16BrIN2O3S. The molecule has 0 atom stereocenters. The molecule has 1 aliphatic heterocycles. The fourth-order valence-electron chi connectivity index (χ4n) is 2.79. The van der Waals surface area contributed by atoms with Crippen LogP contribution in [0.4, 0.5) is 5.69 Å². The number of amides is 2. The summed E-state index contributed by atoms with van der Waals surface area (Å²) in [4.78, 5) is 26.9. The van der Waals surface area contributed by atoms with E-state index in [1.54, 1.807) is 12.1 Å². The molecule has 0 unspecified atom stereocenters. The number of thiocarbonyl (C=S) groups is 1. The monoisotopic (exact) mass is 570 g/mol. The van der Waals surface area contributed by atoms with E-state index in [2.05, 4.69) is 43.8 Å². The number of nitrogens with zero attached hydrogens (tertiary/aromatic N) is 1. The van der Waals surface area contributed by atoms with Crippen molar-refractivity contribution in [1.82, 2.24) is 5.32 Å². The van der Waals surface area contributed by atoms with Gasteiger partial charge in [0.1, 0.15) is 11.3 Å². The number of carbonyl (C=O) groups is 2. The Balaban J connectivity index is 2.00. The quantitative estimate of drug-likeness (QED) is 0.253. The molecule has 3 rings (SSSR count). The van der Waals surface area contributed by atoms with Gasteiger partial charge in [-0.2, -0.15) is 0 Å². The lowest BCUT2D eigenvalue weighted by molar-refractivity contribution is -0.122. The maximum absolute atomic E-state index is 13.1. The van der Waals surface area contributed by atoms with Crippen molar-refractivity contribution in [1.29, 1.82) is 0 Å². The molecule has 0 saturated carbocycles. The third-order valence-electron chi connectivity index (χ3n) is 4.07. The lowest BCUT2D eigenvalue weighted by Gasteiger charge is -2.30. The van der Waals surface area contributed by atoms with Gasteiger partial charge in [-0.25, -0.2) is 0 Å². The van der Waals surface area contributed by atoms with Crippen molar-refractivity contribution in [3.05, 3.63) is 61.1 Å². The van der Waals surface area contributed by atoms with E-state index in [1.165, 1.54) is 4.90 Å². The van der Waals surface area contributed by atoms with Crippen molar-refractivity contribution in [3.63, 3.8) is 0 Å². The first-order valence-corrected chi connectivity index (χ1v) is 10.7. The maximum atomic E-state index is 13.1. The second kappa shape index (κ2) is 8.71. The Morgan fingerprint density at radius 2 is 2.00 bits per heavy atom. The number of rotatable bonds is 4. The number of carbonyl (C=O) groups excluding carboxylic acids is 2. The van der Waals surface area contributed by atoms with Crippen LogP contribution in [0.2, 0.25) is 0 Å². The smallest absolute Gasteiger partial charge is 0.270 e. The zero-order valence-corrected chi connectivity index (χ0v) is 19.6. The minimum Gasteiger partial charge on any atom is -0.493 e. The van der Waals surface area contributed by atoms with Crippen LogP contribution in [-0.2, 0) is 9.59 Å². The lowest BCUT2D eigenvalue weighted by Crippen LogP contribution is -2.54. The molecule has 1 fully saturated rings. The molecule has 2 amide bonds. The normalized spacial score (nSPS) is 15.8. The van der Waals surface area contributed by atoms with Crippen LogP contribution in [0.25, 0.3) is 6.08 Å². The molecule has 0 aliphatic carbocycles. The number of anilines is 1. The molecule has 1 N–H and O–H groups in total. The minimum atomic E-state index is -0.509. The summed E-state index contributed by atoms with van der Waals surface area (Å²) >= 11 is 10.8. The number of aryl methyl sites for hydroxylation is 1. The van der Waals surface area contributed by atoms with E-state index in [9.17, 15) is 9.59 Å². The number of hydrogen-bond acceptors (Lipinski definition) is 4. The van der Waals surface area contributed by atoms with Gasteiger partial charge in [-0.05, 0) is 96.2 Å². The number of benzene rings is 2. The van der Waals surface area contributed by atoms with Gasteiger partial charge >= 0.3 is 0 Å². The highest BCUT2D eigenvalue weighted by Crippen LogP contribution is 2.28. The molecule has 0 radical (unpaired) electrons. The van der Waals surface area contributed by atoms with Crippen LogP contribution in [0.5, 0.6) is 5.75 Å². The largest absolute Gasteiger partial charge is 0.493 e. The summed E-state index contributed by atoms with van der Waals surface area (Å²) < 4.78 is 7.33. The Morgan fingerprint density at radius 3 is 2.64 bits per heavy atom. The Kier molecular flexibility index (Phi) is 6.51. The van der Waals surface area contributed by atoms with Crippen LogP contribution in [0.1, 0.15) is 18.1 Å². The number of hydrogen-bond donors (Lipinski definition) is 1. The Bertz CT molecular complexity index is 1020. The molecule has 2 aromatic carbocycles. The molecule has 0 aromatic heterocycles. The zero-order valence-electron chi connectivity index (χ0n) is 15.1. The van der Waals surface area contributed by atoms with E-state index in [0.29, 0.717) is 12.3 Å². The van der Waals surface area contributed by atoms with Crippen molar-refractivity contribution in [2.24, 2.45) is 0 Å². The lowest BCUT2D eigenvalue weighted by atomic mass is 10.1. The van der Waals surface area contributed by atoms with Gasteiger partial charge in [0.15, 0.2) is 5.11 Å².